The molecule has 0 bridgehead atoms. The monoisotopic (exact) mass is 1200 g/mol. The molecule has 438 valence electrons. The van der Waals surface area contributed by atoms with E-state index in [1.54, 1.807) is 0 Å². The summed E-state index contributed by atoms with van der Waals surface area (Å²) in [6, 6.07) is 123. The maximum atomic E-state index is 5.30. The van der Waals surface area contributed by atoms with E-state index in [1.165, 1.54) is 77.4 Å². The molecule has 6 nitrogen and oxygen atoms in total. The maximum absolute atomic E-state index is 5.30. The summed E-state index contributed by atoms with van der Waals surface area (Å²) < 4.78 is 4.60. The van der Waals surface area contributed by atoms with Crippen molar-refractivity contribution in [2.24, 2.45) is 0 Å². The molecule has 19 rings (SSSR count). The van der Waals surface area contributed by atoms with Crippen molar-refractivity contribution in [3.63, 3.8) is 0 Å². The largest absolute Gasteiger partial charge is 0.310 e. The summed E-state index contributed by atoms with van der Waals surface area (Å²) in [5, 5.41) is 4.66. The molecule has 3 aromatic heterocycles. The Labute approximate surface area is 543 Å². The predicted molar refractivity (Wildman–Crippen MR) is 387 cm³/mol. The molecule has 0 unspecified atom stereocenters. The van der Waals surface area contributed by atoms with Crippen LogP contribution in [0.25, 0.3) is 134 Å². The first-order valence-corrected chi connectivity index (χ1v) is 32.2. The van der Waals surface area contributed by atoms with E-state index in [2.05, 4.69) is 317 Å². The van der Waals surface area contributed by atoms with Gasteiger partial charge in [0.2, 0.25) is 5.95 Å². The number of anilines is 3. The number of benzene rings is 14. The van der Waals surface area contributed by atoms with Crippen LogP contribution in [0.1, 0.15) is 22.3 Å². The molecule has 0 fully saturated rings. The van der Waals surface area contributed by atoms with E-state index in [-0.39, 0.29) is 0 Å². The SMILES string of the molecule is c1ccc(-c2nc(-c3ccccc3)nc(-n3c4ccccc4c4ccc(N(c5ccc(-c6ccc(-c7cccc8c7C7(c9ccccc9-c9ccccc97)c7ccccc7-8)cc6)cc5)c5ccc(-c6ccc7c8ccccc8n(-c8ccccc8)c7c6)cc5)cc43)n2)cc1. The van der Waals surface area contributed by atoms with Crippen LogP contribution in [0.15, 0.2) is 340 Å². The van der Waals surface area contributed by atoms with Crippen LogP contribution in [0.3, 0.4) is 0 Å². The van der Waals surface area contributed by atoms with E-state index >= 15 is 0 Å². The predicted octanol–water partition coefficient (Wildman–Crippen LogP) is 22.2. The molecular formula is C88H56N6. The molecule has 2 aliphatic rings. The topological polar surface area (TPSA) is 51.8 Å². The molecule has 2 aliphatic carbocycles. The van der Waals surface area contributed by atoms with Crippen molar-refractivity contribution in [2.75, 3.05) is 4.90 Å². The van der Waals surface area contributed by atoms with E-state index in [9.17, 15) is 0 Å². The highest BCUT2D eigenvalue weighted by Crippen LogP contribution is 2.64. The molecule has 14 aromatic carbocycles. The smallest absolute Gasteiger partial charge is 0.238 e. The standard InChI is InChI=1S/C88H56N6/c1-4-21-61(22-5-1)85-89-86(62-23-6-2-7-24-62)91-87(90-85)94-81-38-19-14-31-73(81)75-54-52-67(56-83(75)94)92(66-50-45-59(46-51-66)63-47-53-74-72-30-13-18-37-80(72)93(82(74)55-63)64-25-8-3-9-26-64)65-48-43-58(44-49-65)57-39-41-60(42-40-57)68-32-20-33-76-71-29-12-17-36-79(71)88(84(68)76)77-34-15-10-27-69(77)70-28-11-16-35-78(70)88/h1-56H. The van der Waals surface area contributed by atoms with Crippen molar-refractivity contribution in [2.45, 2.75) is 5.41 Å². The molecule has 0 aliphatic heterocycles. The van der Waals surface area contributed by atoms with E-state index < -0.39 is 5.41 Å². The Morgan fingerprint density at radius 3 is 1.21 bits per heavy atom. The minimum atomic E-state index is -0.443. The molecular weight excluding hydrogens is 1140 g/mol. The van der Waals surface area contributed by atoms with Crippen molar-refractivity contribution in [3.8, 4) is 90.0 Å². The minimum Gasteiger partial charge on any atom is -0.310 e. The number of rotatable bonds is 10. The summed E-state index contributed by atoms with van der Waals surface area (Å²) in [7, 11) is 0. The molecule has 0 saturated heterocycles. The Bertz CT molecular complexity index is 5710. The van der Waals surface area contributed by atoms with E-state index in [0.29, 0.717) is 17.6 Å². The Morgan fingerprint density at radius 2 is 0.638 bits per heavy atom. The highest BCUT2D eigenvalue weighted by molar-refractivity contribution is 6.12. The summed E-state index contributed by atoms with van der Waals surface area (Å²) >= 11 is 0. The molecule has 3 heterocycles. The fraction of sp³-hybridized carbons (Fsp3) is 0.0114. The second kappa shape index (κ2) is 21.3. The molecule has 17 aromatic rings. The van der Waals surface area contributed by atoms with Gasteiger partial charge in [0.25, 0.3) is 0 Å². The zero-order valence-electron chi connectivity index (χ0n) is 51.0. The number of nitrogens with zero attached hydrogens (tertiary/aromatic N) is 6. The molecule has 0 saturated carbocycles. The Morgan fingerprint density at radius 1 is 0.245 bits per heavy atom. The molecule has 0 amide bonds. The number of hydrogen-bond donors (Lipinski definition) is 0. The van der Waals surface area contributed by atoms with E-state index in [4.69, 9.17) is 15.0 Å². The second-order valence-corrected chi connectivity index (χ2v) is 24.6. The van der Waals surface area contributed by atoms with Gasteiger partial charge in [-0.1, -0.05) is 273 Å². The van der Waals surface area contributed by atoms with Gasteiger partial charge in [-0.2, -0.15) is 9.97 Å². The number of aromatic nitrogens is 5. The summed E-state index contributed by atoms with van der Waals surface area (Å²) in [6.07, 6.45) is 0. The number of para-hydroxylation sites is 3. The second-order valence-electron chi connectivity index (χ2n) is 24.6. The lowest BCUT2D eigenvalue weighted by molar-refractivity contribution is 0.796. The van der Waals surface area contributed by atoms with Crippen LogP contribution in [0.5, 0.6) is 0 Å². The third-order valence-electron chi connectivity index (χ3n) is 19.6. The maximum Gasteiger partial charge on any atom is 0.238 e. The van der Waals surface area contributed by atoms with Gasteiger partial charge in [0.05, 0.1) is 27.5 Å². The van der Waals surface area contributed by atoms with Crippen molar-refractivity contribution >= 4 is 60.7 Å². The van der Waals surface area contributed by atoms with Crippen LogP contribution in [-0.4, -0.2) is 24.1 Å². The minimum absolute atomic E-state index is 0.443. The fourth-order valence-electron chi connectivity index (χ4n) is 15.5. The van der Waals surface area contributed by atoms with Gasteiger partial charge in [0, 0.05) is 55.4 Å². The Kier molecular flexibility index (Phi) is 12.1. The van der Waals surface area contributed by atoms with Gasteiger partial charge >= 0.3 is 0 Å². The molecule has 94 heavy (non-hydrogen) atoms. The number of fused-ring (bicyclic) bond motifs is 16. The number of hydrogen-bond acceptors (Lipinski definition) is 4. The van der Waals surface area contributed by atoms with E-state index in [1.807, 2.05) is 36.4 Å². The average molecular weight is 1200 g/mol. The van der Waals surface area contributed by atoms with Crippen molar-refractivity contribution in [1.82, 2.24) is 24.1 Å². The molecule has 6 heteroatoms. The molecule has 0 atom stereocenters. The zero-order valence-corrected chi connectivity index (χ0v) is 51.0. The van der Waals surface area contributed by atoms with Crippen LogP contribution >= 0.6 is 0 Å². The van der Waals surface area contributed by atoms with Gasteiger partial charge in [0.15, 0.2) is 11.6 Å². The summed E-state index contributed by atoms with van der Waals surface area (Å²) in [4.78, 5) is 18.1. The van der Waals surface area contributed by atoms with Crippen LogP contribution in [0.4, 0.5) is 17.1 Å². The lowest BCUT2D eigenvalue weighted by Crippen LogP contribution is -2.26. The quantitative estimate of drug-likeness (QED) is 0.137. The molecule has 1 spiro atoms. The zero-order chi connectivity index (χ0) is 61.8. The average Bonchev–Trinajstić information content (AvgIpc) is 1.51. The van der Waals surface area contributed by atoms with Crippen LogP contribution in [-0.2, 0) is 5.41 Å². The lowest BCUT2D eigenvalue weighted by Gasteiger charge is -2.32. The van der Waals surface area contributed by atoms with Crippen molar-refractivity contribution < 1.29 is 0 Å². The van der Waals surface area contributed by atoms with Gasteiger partial charge in [-0.25, -0.2) is 4.98 Å². The van der Waals surface area contributed by atoms with Gasteiger partial charge in [-0.15, -0.1) is 0 Å². The van der Waals surface area contributed by atoms with E-state index in [0.717, 1.165) is 77.9 Å². The highest BCUT2D eigenvalue weighted by Gasteiger charge is 2.52. The Hall–Kier alpha value is -12.5. The lowest BCUT2D eigenvalue weighted by atomic mass is 9.68. The third kappa shape index (κ3) is 8.19. The van der Waals surface area contributed by atoms with Gasteiger partial charge in [-0.3, -0.25) is 4.57 Å². The van der Waals surface area contributed by atoms with Gasteiger partial charge in [0.1, 0.15) is 0 Å². The van der Waals surface area contributed by atoms with Crippen LogP contribution in [0, 0.1) is 0 Å². The van der Waals surface area contributed by atoms with Crippen LogP contribution < -0.4 is 4.90 Å². The first-order chi connectivity index (χ1) is 46.6. The van der Waals surface area contributed by atoms with Gasteiger partial charge in [-0.05, 0) is 145 Å². The van der Waals surface area contributed by atoms with Gasteiger partial charge < -0.3 is 9.47 Å². The fourth-order valence-corrected chi connectivity index (χ4v) is 15.5. The van der Waals surface area contributed by atoms with Crippen molar-refractivity contribution in [3.05, 3.63) is 362 Å². The Balaban J connectivity index is 0.738. The normalized spacial score (nSPS) is 12.6. The van der Waals surface area contributed by atoms with Crippen molar-refractivity contribution in [1.29, 1.82) is 0 Å². The molecule has 0 N–H and O–H groups in total. The third-order valence-corrected chi connectivity index (χ3v) is 19.6. The highest BCUT2D eigenvalue weighted by atomic mass is 15.2. The van der Waals surface area contributed by atoms with Crippen LogP contribution in [0.2, 0.25) is 0 Å². The summed E-state index contributed by atoms with van der Waals surface area (Å²) in [5.74, 6) is 1.75. The first-order valence-electron chi connectivity index (χ1n) is 32.2. The summed E-state index contributed by atoms with van der Waals surface area (Å²) in [6.45, 7) is 0. The summed E-state index contributed by atoms with van der Waals surface area (Å²) in [5.41, 5.74) is 27.5. The molecule has 0 radical (unpaired) electrons. The first kappa shape index (κ1) is 53.3.